The molecule has 1 aliphatic rings. The second-order valence-corrected chi connectivity index (χ2v) is 7.26. The number of halogens is 1. The van der Waals surface area contributed by atoms with Crippen LogP contribution in [0.1, 0.15) is 13.8 Å². The smallest absolute Gasteiger partial charge is 0.324 e. The van der Waals surface area contributed by atoms with Crippen LogP contribution in [0.15, 0.2) is 29.2 Å². The minimum Gasteiger partial charge on any atom is -0.451 e. The Morgan fingerprint density at radius 2 is 1.96 bits per heavy atom. The highest BCUT2D eigenvalue weighted by molar-refractivity contribution is 7.89. The summed E-state index contributed by atoms with van der Waals surface area (Å²) in [6, 6.07) is 2.72. The summed E-state index contributed by atoms with van der Waals surface area (Å²) in [7, 11) is -4.30. The first kappa shape index (κ1) is 19.8. The van der Waals surface area contributed by atoms with Gasteiger partial charge in [0.2, 0.25) is 10.0 Å². The number of nitrogens with one attached hydrogen (secondary N) is 2. The Labute approximate surface area is 149 Å². The molecule has 1 aromatic rings. The molecule has 3 amide bonds. The average molecular weight is 387 g/mol. The third kappa shape index (κ3) is 4.35. The summed E-state index contributed by atoms with van der Waals surface area (Å²) in [6.45, 7) is 2.91. The lowest BCUT2D eigenvalue weighted by molar-refractivity contribution is -0.158. The molecular formula is C15H18FN3O6S. The lowest BCUT2D eigenvalue weighted by Gasteiger charge is -2.20. The normalized spacial score (nSPS) is 16.7. The van der Waals surface area contributed by atoms with Crippen molar-refractivity contribution in [3.05, 3.63) is 30.1 Å². The van der Waals surface area contributed by atoms with Gasteiger partial charge in [0.1, 0.15) is 16.8 Å². The zero-order chi connectivity index (χ0) is 19.5. The Morgan fingerprint density at radius 1 is 1.31 bits per heavy atom. The van der Waals surface area contributed by atoms with E-state index in [1.165, 1.54) is 26.0 Å². The monoisotopic (exact) mass is 387 g/mol. The second kappa shape index (κ2) is 7.79. The first-order valence-electron chi connectivity index (χ1n) is 7.70. The van der Waals surface area contributed by atoms with Gasteiger partial charge in [-0.15, -0.1) is 0 Å². The predicted octanol–water partition coefficient (Wildman–Crippen LogP) is -0.0240. The zero-order valence-corrected chi connectivity index (χ0v) is 14.9. The van der Waals surface area contributed by atoms with Gasteiger partial charge in [-0.25, -0.2) is 17.6 Å². The van der Waals surface area contributed by atoms with Crippen LogP contribution in [-0.2, 0) is 24.3 Å². The molecule has 2 rings (SSSR count). The summed E-state index contributed by atoms with van der Waals surface area (Å²) in [5.74, 6) is -2.73. The van der Waals surface area contributed by atoms with Crippen molar-refractivity contribution in [2.24, 2.45) is 0 Å². The number of esters is 1. The van der Waals surface area contributed by atoms with Gasteiger partial charge in [-0.05, 0) is 26.0 Å². The van der Waals surface area contributed by atoms with Crippen LogP contribution in [0.4, 0.5) is 9.18 Å². The van der Waals surface area contributed by atoms with Gasteiger partial charge in [0.25, 0.3) is 5.91 Å². The van der Waals surface area contributed by atoms with Crippen molar-refractivity contribution in [1.82, 2.24) is 14.9 Å². The Hall–Kier alpha value is -2.53. The maximum Gasteiger partial charge on any atom is 0.324 e. The van der Waals surface area contributed by atoms with Crippen LogP contribution < -0.4 is 10.0 Å². The topological polar surface area (TPSA) is 122 Å². The maximum atomic E-state index is 13.6. The van der Waals surface area contributed by atoms with Crippen molar-refractivity contribution < 1.29 is 31.9 Å². The Kier molecular flexibility index (Phi) is 5.93. The molecule has 0 radical (unpaired) electrons. The van der Waals surface area contributed by atoms with Gasteiger partial charge < -0.3 is 10.1 Å². The van der Waals surface area contributed by atoms with Crippen LogP contribution in [-0.4, -0.2) is 56.5 Å². The number of nitrogens with zero attached hydrogens (tertiary/aromatic N) is 1. The Morgan fingerprint density at radius 3 is 2.54 bits per heavy atom. The van der Waals surface area contributed by atoms with Gasteiger partial charge in [0.05, 0.1) is 0 Å². The maximum absolute atomic E-state index is 13.6. The molecule has 2 N–H and O–H groups in total. The van der Waals surface area contributed by atoms with Crippen LogP contribution in [0.25, 0.3) is 0 Å². The number of amides is 3. The van der Waals surface area contributed by atoms with Gasteiger partial charge in [-0.3, -0.25) is 14.5 Å². The number of carbonyl (C=O) groups excluding carboxylic acids is 3. The van der Waals surface area contributed by atoms with Crippen molar-refractivity contribution in [3.63, 3.8) is 0 Å². The van der Waals surface area contributed by atoms with Crippen molar-refractivity contribution >= 4 is 27.9 Å². The van der Waals surface area contributed by atoms with E-state index in [1.54, 1.807) is 0 Å². The Bertz CT molecular complexity index is 828. The van der Waals surface area contributed by atoms with Gasteiger partial charge in [0.15, 0.2) is 6.10 Å². The fraction of sp³-hybridized carbons (Fsp3) is 0.400. The van der Waals surface area contributed by atoms with Gasteiger partial charge in [0, 0.05) is 13.1 Å². The molecule has 1 aromatic carbocycles. The largest absolute Gasteiger partial charge is 0.451 e. The molecule has 1 saturated heterocycles. The van der Waals surface area contributed by atoms with Crippen molar-refractivity contribution in [2.75, 3.05) is 13.1 Å². The molecule has 0 bridgehead atoms. The number of ether oxygens (including phenoxy) is 1. The fourth-order valence-corrected chi connectivity index (χ4v) is 3.51. The van der Waals surface area contributed by atoms with E-state index in [-0.39, 0.29) is 6.54 Å². The number of urea groups is 1. The molecule has 2 atom stereocenters. The average Bonchev–Trinajstić information content (AvgIpc) is 2.99. The van der Waals surface area contributed by atoms with Crippen LogP contribution in [0.3, 0.4) is 0 Å². The highest BCUT2D eigenvalue weighted by Crippen LogP contribution is 2.14. The van der Waals surface area contributed by atoms with E-state index in [4.69, 9.17) is 4.74 Å². The molecule has 142 valence electrons. The van der Waals surface area contributed by atoms with Crippen molar-refractivity contribution in [2.45, 2.75) is 30.9 Å². The quantitative estimate of drug-likeness (QED) is 0.662. The van der Waals surface area contributed by atoms with Crippen molar-refractivity contribution in [1.29, 1.82) is 0 Å². The van der Waals surface area contributed by atoms with Crippen LogP contribution in [0.5, 0.6) is 0 Å². The first-order chi connectivity index (χ1) is 12.1. The van der Waals surface area contributed by atoms with Crippen LogP contribution >= 0.6 is 0 Å². The number of hydrogen-bond acceptors (Lipinski definition) is 6. The minimum absolute atomic E-state index is 0.148. The molecule has 1 heterocycles. The summed E-state index contributed by atoms with van der Waals surface area (Å²) in [5, 5.41) is 2.43. The molecule has 0 aliphatic carbocycles. The summed E-state index contributed by atoms with van der Waals surface area (Å²) in [6.07, 6.45) is -1.29. The van der Waals surface area contributed by atoms with E-state index < -0.39 is 50.8 Å². The SMILES string of the molecule is C[C@H](NS(=O)(=O)c1ccccc1F)C(=O)O[C@@H](C)C(=O)N1CCNC1=O. The Balaban J connectivity index is 2.00. The zero-order valence-electron chi connectivity index (χ0n) is 14.1. The van der Waals surface area contributed by atoms with Crippen molar-refractivity contribution in [3.8, 4) is 0 Å². The molecule has 0 spiro atoms. The number of rotatable bonds is 6. The van der Waals surface area contributed by atoms with E-state index in [9.17, 15) is 27.2 Å². The number of sulfonamides is 1. The molecule has 11 heteroatoms. The number of carbonyl (C=O) groups is 3. The molecule has 1 aliphatic heterocycles. The lowest BCUT2D eigenvalue weighted by Crippen LogP contribution is -2.45. The minimum atomic E-state index is -4.30. The van der Waals surface area contributed by atoms with E-state index in [0.29, 0.717) is 6.54 Å². The molecule has 0 unspecified atom stereocenters. The van der Waals surface area contributed by atoms with E-state index >= 15 is 0 Å². The summed E-state index contributed by atoms with van der Waals surface area (Å²) in [5.41, 5.74) is 0. The van der Waals surface area contributed by atoms with Gasteiger partial charge >= 0.3 is 12.0 Å². The molecular weight excluding hydrogens is 369 g/mol. The fourth-order valence-electron chi connectivity index (χ4n) is 2.24. The lowest BCUT2D eigenvalue weighted by atomic mass is 10.3. The highest BCUT2D eigenvalue weighted by Gasteiger charge is 2.33. The molecule has 9 nitrogen and oxygen atoms in total. The molecule has 0 aromatic heterocycles. The number of imide groups is 1. The predicted molar refractivity (Wildman–Crippen MR) is 86.8 cm³/mol. The molecule has 26 heavy (non-hydrogen) atoms. The third-order valence-corrected chi connectivity index (χ3v) is 5.15. The van der Waals surface area contributed by atoms with Gasteiger partial charge in [-0.2, -0.15) is 4.72 Å². The van der Waals surface area contributed by atoms with Crippen LogP contribution in [0, 0.1) is 5.82 Å². The molecule has 1 fully saturated rings. The van der Waals surface area contributed by atoms with E-state index in [0.717, 1.165) is 17.0 Å². The van der Waals surface area contributed by atoms with E-state index in [2.05, 4.69) is 5.32 Å². The standard InChI is InChI=1S/C15H18FN3O6S/c1-9(18-26(23,24)12-6-4-3-5-11(12)16)14(21)25-10(2)13(20)19-8-7-17-15(19)22/h3-6,9-10,18H,7-8H2,1-2H3,(H,17,22)/t9-,10-/m0/s1. The highest BCUT2D eigenvalue weighted by atomic mass is 32.2. The third-order valence-electron chi connectivity index (χ3n) is 3.58. The summed E-state index contributed by atoms with van der Waals surface area (Å²) in [4.78, 5) is 35.8. The first-order valence-corrected chi connectivity index (χ1v) is 9.18. The summed E-state index contributed by atoms with van der Waals surface area (Å²) >= 11 is 0. The molecule has 0 saturated carbocycles. The van der Waals surface area contributed by atoms with Crippen LogP contribution in [0.2, 0.25) is 0 Å². The second-order valence-electron chi connectivity index (χ2n) is 5.57. The number of hydrogen-bond donors (Lipinski definition) is 2. The number of benzene rings is 1. The van der Waals surface area contributed by atoms with Gasteiger partial charge in [-0.1, -0.05) is 12.1 Å². The summed E-state index contributed by atoms with van der Waals surface area (Å²) < 4.78 is 44.8. The van der Waals surface area contributed by atoms with E-state index in [1.807, 2.05) is 4.72 Å².